The molecular formula is C21H34FIN4O. The van der Waals surface area contributed by atoms with Gasteiger partial charge in [-0.25, -0.2) is 4.39 Å². The fourth-order valence-electron chi connectivity index (χ4n) is 4.39. The molecule has 0 heterocycles. The third-order valence-corrected chi connectivity index (χ3v) is 6.03. The molecule has 28 heavy (non-hydrogen) atoms. The first kappa shape index (κ1) is 23.3. The summed E-state index contributed by atoms with van der Waals surface area (Å²) in [4.78, 5) is 6.35. The van der Waals surface area contributed by atoms with Crippen molar-refractivity contribution in [2.45, 2.75) is 57.8 Å². The lowest BCUT2D eigenvalue weighted by molar-refractivity contribution is -0.168. The summed E-state index contributed by atoms with van der Waals surface area (Å²) in [5, 5.41) is 6.97. The van der Waals surface area contributed by atoms with E-state index in [0.29, 0.717) is 36.2 Å². The predicted octanol–water partition coefficient (Wildman–Crippen LogP) is 3.52. The van der Waals surface area contributed by atoms with Gasteiger partial charge in [0.05, 0.1) is 6.10 Å². The maximum absolute atomic E-state index is 14.0. The first-order chi connectivity index (χ1) is 13.0. The summed E-state index contributed by atoms with van der Waals surface area (Å²) in [6, 6.07) is 5.73. The standard InChI is InChI=1S/C21H33FN4O.HI/c1-5-27-19-12-18(21(19)9-6-10-21)25-20(23-2)24-13-15-7-8-17(22)16(11-15)14-26(3)4;/h7-8,11,18-19H,5-6,9-10,12-14H2,1-4H3,(H2,23,24,25);1H. The average Bonchev–Trinajstić information content (AvgIpc) is 2.57. The van der Waals surface area contributed by atoms with E-state index in [1.807, 2.05) is 31.1 Å². The highest BCUT2D eigenvalue weighted by molar-refractivity contribution is 14.0. The molecule has 1 aromatic rings. The smallest absolute Gasteiger partial charge is 0.191 e. The Balaban J connectivity index is 0.00000280. The van der Waals surface area contributed by atoms with Gasteiger partial charge in [-0.3, -0.25) is 4.99 Å². The van der Waals surface area contributed by atoms with Crippen molar-refractivity contribution in [3.05, 3.63) is 35.1 Å². The highest BCUT2D eigenvalue weighted by atomic mass is 127. The van der Waals surface area contributed by atoms with E-state index >= 15 is 0 Å². The fraction of sp³-hybridized carbons (Fsp3) is 0.667. The molecule has 2 saturated carbocycles. The van der Waals surface area contributed by atoms with Gasteiger partial charge in [-0.1, -0.05) is 12.5 Å². The predicted molar refractivity (Wildman–Crippen MR) is 123 cm³/mol. The van der Waals surface area contributed by atoms with Crippen LogP contribution in [0.1, 0.15) is 43.7 Å². The maximum atomic E-state index is 14.0. The third kappa shape index (κ3) is 4.97. The summed E-state index contributed by atoms with van der Waals surface area (Å²) < 4.78 is 19.9. The Hall–Kier alpha value is -0.930. The molecule has 0 bridgehead atoms. The molecule has 2 aliphatic rings. The van der Waals surface area contributed by atoms with Crippen LogP contribution in [0.2, 0.25) is 0 Å². The summed E-state index contributed by atoms with van der Waals surface area (Å²) in [5.74, 6) is 0.651. The SMILES string of the molecule is CCOC1CC(NC(=NC)NCc2ccc(F)c(CN(C)C)c2)C12CCC2.I. The molecule has 2 atom stereocenters. The van der Waals surface area contributed by atoms with Crippen molar-refractivity contribution >= 4 is 29.9 Å². The van der Waals surface area contributed by atoms with E-state index in [-0.39, 0.29) is 29.8 Å². The molecule has 7 heteroatoms. The monoisotopic (exact) mass is 504 g/mol. The number of benzene rings is 1. The molecule has 158 valence electrons. The number of aliphatic imine (C=N–C) groups is 1. The molecule has 2 N–H and O–H groups in total. The van der Waals surface area contributed by atoms with Gasteiger partial charge < -0.3 is 20.3 Å². The zero-order valence-corrected chi connectivity index (χ0v) is 19.8. The van der Waals surface area contributed by atoms with Crippen LogP contribution >= 0.6 is 24.0 Å². The lowest BCUT2D eigenvalue weighted by Crippen LogP contribution is -2.68. The van der Waals surface area contributed by atoms with Gasteiger partial charge in [0.1, 0.15) is 5.82 Å². The van der Waals surface area contributed by atoms with E-state index in [9.17, 15) is 4.39 Å². The number of nitrogens with zero attached hydrogens (tertiary/aromatic N) is 2. The minimum Gasteiger partial charge on any atom is -0.378 e. The van der Waals surface area contributed by atoms with Crippen LogP contribution in [0.25, 0.3) is 0 Å². The number of rotatable bonds is 7. The van der Waals surface area contributed by atoms with Crippen molar-refractivity contribution in [3.8, 4) is 0 Å². The quantitative estimate of drug-likeness (QED) is 0.339. The minimum atomic E-state index is -0.154. The van der Waals surface area contributed by atoms with E-state index < -0.39 is 0 Å². The molecule has 2 fully saturated rings. The van der Waals surface area contributed by atoms with Crippen LogP contribution in [-0.2, 0) is 17.8 Å². The van der Waals surface area contributed by atoms with E-state index in [1.165, 1.54) is 19.3 Å². The van der Waals surface area contributed by atoms with Gasteiger partial charge in [-0.15, -0.1) is 24.0 Å². The van der Waals surface area contributed by atoms with E-state index in [4.69, 9.17) is 4.74 Å². The van der Waals surface area contributed by atoms with Crippen LogP contribution in [0.3, 0.4) is 0 Å². The first-order valence-electron chi connectivity index (χ1n) is 9.99. The summed E-state index contributed by atoms with van der Waals surface area (Å²) in [5.41, 5.74) is 2.06. The molecule has 3 rings (SSSR count). The van der Waals surface area contributed by atoms with Crippen LogP contribution in [-0.4, -0.2) is 50.8 Å². The Bertz CT molecular complexity index is 678. The van der Waals surface area contributed by atoms with Crippen molar-refractivity contribution < 1.29 is 9.13 Å². The molecule has 0 saturated heterocycles. The Morgan fingerprint density at radius 2 is 2.11 bits per heavy atom. The topological polar surface area (TPSA) is 48.9 Å². The van der Waals surface area contributed by atoms with Gasteiger partial charge in [0.2, 0.25) is 0 Å². The Kier molecular flexibility index (Phi) is 8.51. The van der Waals surface area contributed by atoms with Crippen LogP contribution in [0.4, 0.5) is 4.39 Å². The van der Waals surface area contributed by atoms with E-state index in [1.54, 1.807) is 13.1 Å². The lowest BCUT2D eigenvalue weighted by atomic mass is 9.51. The number of hydrogen-bond acceptors (Lipinski definition) is 3. The first-order valence-corrected chi connectivity index (χ1v) is 9.99. The normalized spacial score (nSPS) is 23.0. The van der Waals surface area contributed by atoms with Crippen LogP contribution in [0.15, 0.2) is 23.2 Å². The molecule has 0 amide bonds. The summed E-state index contributed by atoms with van der Waals surface area (Å²) >= 11 is 0. The van der Waals surface area contributed by atoms with Crippen LogP contribution in [0, 0.1) is 11.2 Å². The largest absolute Gasteiger partial charge is 0.378 e. The average molecular weight is 504 g/mol. The second-order valence-electron chi connectivity index (χ2n) is 8.05. The Morgan fingerprint density at radius 1 is 1.36 bits per heavy atom. The molecule has 0 aliphatic heterocycles. The summed E-state index contributed by atoms with van der Waals surface area (Å²) in [7, 11) is 5.69. The second kappa shape index (κ2) is 10.2. The van der Waals surface area contributed by atoms with Gasteiger partial charge in [-0.2, -0.15) is 0 Å². The fourth-order valence-corrected chi connectivity index (χ4v) is 4.39. The molecular weight excluding hydrogens is 470 g/mol. The number of ether oxygens (including phenoxy) is 1. The second-order valence-corrected chi connectivity index (χ2v) is 8.05. The van der Waals surface area contributed by atoms with E-state index in [2.05, 4.69) is 22.5 Å². The summed E-state index contributed by atoms with van der Waals surface area (Å²) in [6.45, 7) is 4.07. The zero-order valence-electron chi connectivity index (χ0n) is 17.4. The molecule has 5 nitrogen and oxygen atoms in total. The van der Waals surface area contributed by atoms with Crippen LogP contribution in [0.5, 0.6) is 0 Å². The van der Waals surface area contributed by atoms with Gasteiger partial charge in [0, 0.05) is 43.8 Å². The lowest BCUT2D eigenvalue weighted by Gasteiger charge is -2.61. The summed E-state index contributed by atoms with van der Waals surface area (Å²) in [6.07, 6.45) is 5.18. The molecule has 2 aliphatic carbocycles. The zero-order chi connectivity index (χ0) is 19.4. The highest BCUT2D eigenvalue weighted by Crippen LogP contribution is 2.57. The Morgan fingerprint density at radius 3 is 2.68 bits per heavy atom. The van der Waals surface area contributed by atoms with E-state index in [0.717, 1.165) is 24.6 Å². The van der Waals surface area contributed by atoms with Gasteiger partial charge in [0.15, 0.2) is 5.96 Å². The molecule has 1 aromatic carbocycles. The molecule has 0 radical (unpaired) electrons. The van der Waals surface area contributed by atoms with Gasteiger partial charge in [-0.05, 0) is 58.0 Å². The Labute approximate surface area is 185 Å². The number of guanidine groups is 1. The van der Waals surface area contributed by atoms with Crippen molar-refractivity contribution in [2.24, 2.45) is 10.4 Å². The highest BCUT2D eigenvalue weighted by Gasteiger charge is 2.59. The van der Waals surface area contributed by atoms with Gasteiger partial charge >= 0.3 is 0 Å². The third-order valence-electron chi connectivity index (χ3n) is 6.03. The number of nitrogens with one attached hydrogen (secondary N) is 2. The van der Waals surface area contributed by atoms with Crippen LogP contribution < -0.4 is 10.6 Å². The maximum Gasteiger partial charge on any atom is 0.191 e. The molecule has 1 spiro atoms. The molecule has 0 aromatic heterocycles. The van der Waals surface area contributed by atoms with Gasteiger partial charge in [0.25, 0.3) is 0 Å². The van der Waals surface area contributed by atoms with Crippen molar-refractivity contribution in [2.75, 3.05) is 27.7 Å². The number of hydrogen-bond donors (Lipinski definition) is 2. The number of halogens is 2. The van der Waals surface area contributed by atoms with Crippen molar-refractivity contribution in [3.63, 3.8) is 0 Å². The molecule has 2 unspecified atom stereocenters. The van der Waals surface area contributed by atoms with Crippen molar-refractivity contribution in [1.82, 2.24) is 15.5 Å². The minimum absolute atomic E-state index is 0. The van der Waals surface area contributed by atoms with Crippen molar-refractivity contribution in [1.29, 1.82) is 0 Å².